The van der Waals surface area contributed by atoms with Crippen molar-refractivity contribution in [2.75, 3.05) is 25.6 Å². The van der Waals surface area contributed by atoms with Crippen LogP contribution < -0.4 is 10.5 Å². The zero-order valence-electron chi connectivity index (χ0n) is 11.8. The topological polar surface area (TPSA) is 64.7 Å². The molecule has 0 aliphatic rings. The Labute approximate surface area is 115 Å². The molecule has 1 rings (SSSR count). The monoisotopic (exact) mass is 267 g/mol. The number of hydrogen-bond donors (Lipinski definition) is 2. The number of rotatable bonds is 9. The first kappa shape index (κ1) is 15.8. The highest BCUT2D eigenvalue weighted by Gasteiger charge is 2.07. The number of nitrogens with two attached hydrogens (primary N) is 1. The van der Waals surface area contributed by atoms with Gasteiger partial charge in [0.25, 0.3) is 0 Å². The van der Waals surface area contributed by atoms with Crippen LogP contribution in [0.4, 0.5) is 5.69 Å². The maximum absolute atomic E-state index is 9.73. The molecule has 3 N–H and O–H groups in total. The van der Waals surface area contributed by atoms with E-state index in [2.05, 4.69) is 13.8 Å². The molecule has 0 radical (unpaired) electrons. The van der Waals surface area contributed by atoms with Gasteiger partial charge in [-0.25, -0.2) is 0 Å². The number of aliphatic hydroxyl groups excluding tert-OH is 1. The number of aliphatic hydroxyl groups is 1. The second-order valence-corrected chi connectivity index (χ2v) is 4.97. The van der Waals surface area contributed by atoms with Gasteiger partial charge in [-0.1, -0.05) is 20.3 Å². The highest BCUT2D eigenvalue weighted by Crippen LogP contribution is 2.13. The van der Waals surface area contributed by atoms with Gasteiger partial charge in [0, 0.05) is 12.3 Å². The molecule has 2 atom stereocenters. The van der Waals surface area contributed by atoms with Gasteiger partial charge in [0.2, 0.25) is 0 Å². The minimum absolute atomic E-state index is 0.228. The highest BCUT2D eigenvalue weighted by atomic mass is 16.5. The lowest BCUT2D eigenvalue weighted by Crippen LogP contribution is -2.24. The van der Waals surface area contributed by atoms with Crippen LogP contribution in [0, 0.1) is 5.92 Å². The van der Waals surface area contributed by atoms with Crippen molar-refractivity contribution in [3.8, 4) is 5.75 Å². The zero-order valence-corrected chi connectivity index (χ0v) is 11.8. The van der Waals surface area contributed by atoms with E-state index >= 15 is 0 Å². The summed E-state index contributed by atoms with van der Waals surface area (Å²) in [6.45, 7) is 5.54. The van der Waals surface area contributed by atoms with Crippen molar-refractivity contribution < 1.29 is 14.6 Å². The zero-order chi connectivity index (χ0) is 14.1. The first-order valence-corrected chi connectivity index (χ1v) is 6.86. The molecular weight excluding hydrogens is 242 g/mol. The van der Waals surface area contributed by atoms with Crippen LogP contribution in [0.5, 0.6) is 5.75 Å². The third kappa shape index (κ3) is 7.03. The summed E-state index contributed by atoms with van der Waals surface area (Å²) in [5.74, 6) is 1.24. The van der Waals surface area contributed by atoms with Crippen molar-refractivity contribution in [2.45, 2.75) is 32.8 Å². The predicted octanol–water partition coefficient (Wildman–Crippen LogP) is 2.46. The molecule has 4 nitrogen and oxygen atoms in total. The van der Waals surface area contributed by atoms with E-state index in [1.807, 2.05) is 0 Å². The minimum atomic E-state index is -0.605. The summed E-state index contributed by atoms with van der Waals surface area (Å²) in [7, 11) is 0. The van der Waals surface area contributed by atoms with Crippen LogP contribution in [0.25, 0.3) is 0 Å². The lowest BCUT2D eigenvalue weighted by molar-refractivity contribution is 0.00141. The average Bonchev–Trinajstić information content (AvgIpc) is 2.38. The Balaban J connectivity index is 2.14. The molecule has 4 heteroatoms. The molecule has 0 saturated heterocycles. The van der Waals surface area contributed by atoms with Crippen molar-refractivity contribution in [3.05, 3.63) is 24.3 Å². The second kappa shape index (κ2) is 8.77. The SMILES string of the molecule is CCCC(C)COCC(O)COc1ccc(N)cc1. The van der Waals surface area contributed by atoms with E-state index in [4.69, 9.17) is 15.2 Å². The van der Waals surface area contributed by atoms with E-state index in [1.165, 1.54) is 0 Å². The fourth-order valence-electron chi connectivity index (χ4n) is 1.79. The molecule has 1 aromatic rings. The van der Waals surface area contributed by atoms with Crippen molar-refractivity contribution in [2.24, 2.45) is 5.92 Å². The molecule has 0 bridgehead atoms. The number of anilines is 1. The summed E-state index contributed by atoms with van der Waals surface area (Å²) < 4.78 is 10.9. The Hall–Kier alpha value is -1.26. The van der Waals surface area contributed by atoms with Crippen LogP contribution in [0.2, 0.25) is 0 Å². The average molecular weight is 267 g/mol. The van der Waals surface area contributed by atoms with Crippen LogP contribution in [-0.2, 0) is 4.74 Å². The molecular formula is C15H25NO3. The molecule has 0 aliphatic heterocycles. The van der Waals surface area contributed by atoms with Crippen LogP contribution in [0.15, 0.2) is 24.3 Å². The van der Waals surface area contributed by atoms with E-state index in [9.17, 15) is 5.11 Å². The van der Waals surface area contributed by atoms with Crippen molar-refractivity contribution in [3.63, 3.8) is 0 Å². The van der Waals surface area contributed by atoms with Crippen molar-refractivity contribution >= 4 is 5.69 Å². The van der Waals surface area contributed by atoms with Gasteiger partial charge >= 0.3 is 0 Å². The first-order chi connectivity index (χ1) is 9.11. The summed E-state index contributed by atoms with van der Waals surface area (Å²) in [4.78, 5) is 0. The standard InChI is InChI=1S/C15H25NO3/c1-3-4-12(2)9-18-10-14(17)11-19-15-7-5-13(16)6-8-15/h5-8,12,14,17H,3-4,9-11,16H2,1-2H3. The third-order valence-electron chi connectivity index (χ3n) is 2.82. The smallest absolute Gasteiger partial charge is 0.119 e. The van der Waals surface area contributed by atoms with Gasteiger partial charge in [-0.05, 0) is 36.6 Å². The number of hydrogen-bond acceptors (Lipinski definition) is 4. The summed E-state index contributed by atoms with van der Waals surface area (Å²) in [6.07, 6.45) is 1.71. The van der Waals surface area contributed by atoms with Crippen LogP contribution in [0.3, 0.4) is 0 Å². The quantitative estimate of drug-likeness (QED) is 0.675. The lowest BCUT2D eigenvalue weighted by atomic mass is 10.1. The fourth-order valence-corrected chi connectivity index (χ4v) is 1.79. The summed E-state index contributed by atoms with van der Waals surface area (Å²) in [5.41, 5.74) is 6.27. The van der Waals surface area contributed by atoms with Crippen LogP contribution >= 0.6 is 0 Å². The molecule has 0 fully saturated rings. The Bertz CT molecular complexity index is 340. The molecule has 0 spiro atoms. The first-order valence-electron chi connectivity index (χ1n) is 6.86. The minimum Gasteiger partial charge on any atom is -0.491 e. The van der Waals surface area contributed by atoms with Gasteiger partial charge in [-0.3, -0.25) is 0 Å². The predicted molar refractivity (Wildman–Crippen MR) is 77.2 cm³/mol. The van der Waals surface area contributed by atoms with Gasteiger partial charge in [0.1, 0.15) is 18.5 Å². The molecule has 2 unspecified atom stereocenters. The van der Waals surface area contributed by atoms with Gasteiger partial charge in [0.15, 0.2) is 0 Å². The van der Waals surface area contributed by atoms with E-state index in [0.717, 1.165) is 12.8 Å². The van der Waals surface area contributed by atoms with Crippen LogP contribution in [0.1, 0.15) is 26.7 Å². The van der Waals surface area contributed by atoms with E-state index in [1.54, 1.807) is 24.3 Å². The van der Waals surface area contributed by atoms with Crippen molar-refractivity contribution in [1.82, 2.24) is 0 Å². The van der Waals surface area contributed by atoms with Gasteiger partial charge in [0.05, 0.1) is 6.61 Å². The second-order valence-electron chi connectivity index (χ2n) is 4.97. The maximum Gasteiger partial charge on any atom is 0.119 e. The molecule has 108 valence electrons. The summed E-state index contributed by atoms with van der Waals surface area (Å²) in [6, 6.07) is 7.10. The van der Waals surface area contributed by atoms with Gasteiger partial charge in [-0.15, -0.1) is 0 Å². The maximum atomic E-state index is 9.73. The number of nitrogen functional groups attached to an aromatic ring is 1. The number of benzene rings is 1. The molecule has 0 saturated carbocycles. The van der Waals surface area contributed by atoms with Gasteiger partial charge < -0.3 is 20.3 Å². The number of ether oxygens (including phenoxy) is 2. The Kier molecular flexibility index (Phi) is 7.30. The van der Waals surface area contributed by atoms with Crippen LogP contribution in [-0.4, -0.2) is 31.0 Å². The Morgan fingerprint density at radius 2 is 1.84 bits per heavy atom. The third-order valence-corrected chi connectivity index (χ3v) is 2.82. The van der Waals surface area contributed by atoms with Crippen molar-refractivity contribution in [1.29, 1.82) is 0 Å². The summed E-state index contributed by atoms with van der Waals surface area (Å²) in [5, 5.41) is 9.73. The molecule has 19 heavy (non-hydrogen) atoms. The molecule has 0 amide bonds. The van der Waals surface area contributed by atoms with E-state index in [0.29, 0.717) is 30.6 Å². The Morgan fingerprint density at radius 3 is 2.47 bits per heavy atom. The molecule has 0 aliphatic carbocycles. The Morgan fingerprint density at radius 1 is 1.16 bits per heavy atom. The normalized spacial score (nSPS) is 14.1. The molecule has 1 aromatic carbocycles. The highest BCUT2D eigenvalue weighted by molar-refractivity contribution is 5.41. The lowest BCUT2D eigenvalue weighted by Gasteiger charge is -2.15. The summed E-state index contributed by atoms with van der Waals surface area (Å²) >= 11 is 0. The van der Waals surface area contributed by atoms with E-state index < -0.39 is 6.10 Å². The fraction of sp³-hybridized carbons (Fsp3) is 0.600. The van der Waals surface area contributed by atoms with E-state index in [-0.39, 0.29) is 6.61 Å². The van der Waals surface area contributed by atoms with Gasteiger partial charge in [-0.2, -0.15) is 0 Å². The molecule has 0 aromatic heterocycles. The largest absolute Gasteiger partial charge is 0.491 e. The molecule has 0 heterocycles.